The average molecular weight is 268 g/mol. The van der Waals surface area contributed by atoms with E-state index in [1.54, 1.807) is 0 Å². The van der Waals surface area contributed by atoms with Crippen LogP contribution >= 0.6 is 0 Å². The van der Waals surface area contributed by atoms with Crippen LogP contribution in [0.1, 0.15) is 12.0 Å². The van der Waals surface area contributed by atoms with E-state index < -0.39 is 15.4 Å². The Morgan fingerprint density at radius 1 is 1.39 bits per heavy atom. The Labute approximate surface area is 109 Å². The van der Waals surface area contributed by atoms with E-state index in [4.69, 9.17) is 5.73 Å². The quantitative estimate of drug-likeness (QED) is 0.886. The summed E-state index contributed by atoms with van der Waals surface area (Å²) in [7, 11) is -1.01. The van der Waals surface area contributed by atoms with E-state index in [1.165, 1.54) is 0 Å². The standard InChI is InChI=1S/C13H20N2O2S/c1-11-5-3-4-6-12(11)15(2)13(9-14)7-8-18(16,17)10-13/h3-6H,7-10,14H2,1-2H3. The van der Waals surface area contributed by atoms with Gasteiger partial charge in [-0.25, -0.2) is 8.42 Å². The van der Waals surface area contributed by atoms with Crippen LogP contribution in [-0.4, -0.2) is 39.1 Å². The Morgan fingerprint density at radius 3 is 2.56 bits per heavy atom. The second-order valence-electron chi connectivity index (χ2n) is 5.12. The molecule has 1 fully saturated rings. The van der Waals surface area contributed by atoms with Gasteiger partial charge in [0.15, 0.2) is 9.84 Å². The third-order valence-electron chi connectivity index (χ3n) is 3.94. The first kappa shape index (κ1) is 13.4. The van der Waals surface area contributed by atoms with E-state index in [2.05, 4.69) is 0 Å². The van der Waals surface area contributed by atoms with E-state index in [9.17, 15) is 8.42 Å². The number of nitrogens with two attached hydrogens (primary N) is 1. The van der Waals surface area contributed by atoms with Crippen molar-refractivity contribution >= 4 is 15.5 Å². The predicted molar refractivity (Wildman–Crippen MR) is 74.6 cm³/mol. The van der Waals surface area contributed by atoms with Crippen molar-refractivity contribution in [3.63, 3.8) is 0 Å². The zero-order valence-corrected chi connectivity index (χ0v) is 11.7. The van der Waals surface area contributed by atoms with Gasteiger partial charge in [-0.3, -0.25) is 0 Å². The van der Waals surface area contributed by atoms with Gasteiger partial charge in [-0.2, -0.15) is 0 Å². The van der Waals surface area contributed by atoms with Crippen molar-refractivity contribution < 1.29 is 8.42 Å². The highest BCUT2D eigenvalue weighted by atomic mass is 32.2. The molecule has 2 N–H and O–H groups in total. The van der Waals surface area contributed by atoms with Crippen LogP contribution in [-0.2, 0) is 9.84 Å². The molecule has 1 aromatic rings. The molecule has 1 atom stereocenters. The van der Waals surface area contributed by atoms with Crippen LogP contribution in [0.2, 0.25) is 0 Å². The maximum absolute atomic E-state index is 11.7. The first-order chi connectivity index (χ1) is 8.40. The summed E-state index contributed by atoms with van der Waals surface area (Å²) in [5.41, 5.74) is 7.61. The molecule has 4 nitrogen and oxygen atoms in total. The molecule has 1 aromatic carbocycles. The van der Waals surface area contributed by atoms with Crippen molar-refractivity contribution in [3.05, 3.63) is 29.8 Å². The Bertz CT molecular complexity index is 542. The fourth-order valence-corrected chi connectivity index (χ4v) is 4.77. The maximum atomic E-state index is 11.7. The number of rotatable bonds is 3. The van der Waals surface area contributed by atoms with Crippen molar-refractivity contribution in [3.8, 4) is 0 Å². The average Bonchev–Trinajstić information content (AvgIpc) is 2.66. The summed E-state index contributed by atoms with van der Waals surface area (Å²) in [6, 6.07) is 7.98. The molecule has 0 spiro atoms. The van der Waals surface area contributed by atoms with E-state index in [0.29, 0.717) is 13.0 Å². The molecule has 1 aliphatic rings. The minimum absolute atomic E-state index is 0.154. The lowest BCUT2D eigenvalue weighted by molar-refractivity contribution is 0.462. The highest BCUT2D eigenvalue weighted by molar-refractivity contribution is 7.91. The number of sulfone groups is 1. The number of para-hydroxylation sites is 1. The number of likely N-dealkylation sites (N-methyl/N-ethyl adjacent to an activating group) is 1. The molecule has 5 heteroatoms. The molecule has 0 saturated carbocycles. The van der Waals surface area contributed by atoms with Gasteiger partial charge in [0.25, 0.3) is 0 Å². The monoisotopic (exact) mass is 268 g/mol. The largest absolute Gasteiger partial charge is 0.366 e. The lowest BCUT2D eigenvalue weighted by atomic mass is 9.95. The lowest BCUT2D eigenvalue weighted by Crippen LogP contribution is -2.53. The topological polar surface area (TPSA) is 63.4 Å². The Morgan fingerprint density at radius 2 is 2.06 bits per heavy atom. The van der Waals surface area contributed by atoms with Crippen LogP contribution in [0.5, 0.6) is 0 Å². The second-order valence-corrected chi connectivity index (χ2v) is 7.30. The summed E-state index contributed by atoms with van der Waals surface area (Å²) in [6.45, 7) is 2.39. The van der Waals surface area contributed by atoms with Gasteiger partial charge in [0, 0.05) is 19.3 Å². The summed E-state index contributed by atoms with van der Waals surface area (Å²) in [6.07, 6.45) is 0.608. The van der Waals surface area contributed by atoms with Gasteiger partial charge in [-0.15, -0.1) is 0 Å². The van der Waals surface area contributed by atoms with Gasteiger partial charge < -0.3 is 10.6 Å². The van der Waals surface area contributed by atoms with Gasteiger partial charge in [0.2, 0.25) is 0 Å². The van der Waals surface area contributed by atoms with Crippen LogP contribution in [0.15, 0.2) is 24.3 Å². The molecular weight excluding hydrogens is 248 g/mol. The third kappa shape index (κ3) is 2.24. The number of anilines is 1. The molecule has 0 amide bonds. The summed E-state index contributed by atoms with van der Waals surface area (Å²) < 4.78 is 23.5. The SMILES string of the molecule is Cc1ccccc1N(C)C1(CN)CCS(=O)(=O)C1. The number of aryl methyl sites for hydroxylation is 1. The summed E-state index contributed by atoms with van der Waals surface area (Å²) >= 11 is 0. The van der Waals surface area contributed by atoms with Gasteiger partial charge >= 0.3 is 0 Å². The van der Waals surface area contributed by atoms with Crippen LogP contribution in [0, 0.1) is 6.92 Å². The molecule has 0 bridgehead atoms. The molecule has 100 valence electrons. The van der Waals surface area contributed by atoms with Gasteiger partial charge in [-0.1, -0.05) is 18.2 Å². The number of hydrogen-bond donors (Lipinski definition) is 1. The Kier molecular flexibility index (Phi) is 3.38. The minimum Gasteiger partial charge on any atom is -0.366 e. The van der Waals surface area contributed by atoms with Crippen molar-refractivity contribution in [2.24, 2.45) is 5.73 Å². The van der Waals surface area contributed by atoms with Crippen molar-refractivity contribution in [1.82, 2.24) is 0 Å². The fraction of sp³-hybridized carbons (Fsp3) is 0.538. The lowest BCUT2D eigenvalue weighted by Gasteiger charge is -2.39. The molecule has 0 aromatic heterocycles. The zero-order valence-electron chi connectivity index (χ0n) is 10.9. The Balaban J connectivity index is 2.38. The molecule has 1 heterocycles. The molecule has 18 heavy (non-hydrogen) atoms. The smallest absolute Gasteiger partial charge is 0.152 e. The van der Waals surface area contributed by atoms with Crippen LogP contribution in [0.3, 0.4) is 0 Å². The highest BCUT2D eigenvalue weighted by Crippen LogP contribution is 2.33. The maximum Gasteiger partial charge on any atom is 0.152 e. The number of nitrogens with zero attached hydrogens (tertiary/aromatic N) is 1. The van der Waals surface area contributed by atoms with E-state index in [1.807, 2.05) is 43.1 Å². The van der Waals surface area contributed by atoms with E-state index in [-0.39, 0.29) is 11.5 Å². The molecular formula is C13H20N2O2S. The van der Waals surface area contributed by atoms with Gasteiger partial charge in [0.05, 0.1) is 17.0 Å². The first-order valence-electron chi connectivity index (χ1n) is 6.10. The summed E-state index contributed by atoms with van der Waals surface area (Å²) in [5, 5.41) is 0. The van der Waals surface area contributed by atoms with Gasteiger partial charge in [-0.05, 0) is 25.0 Å². The molecule has 1 saturated heterocycles. The molecule has 0 aliphatic carbocycles. The molecule has 1 unspecified atom stereocenters. The molecule has 1 aliphatic heterocycles. The zero-order chi connectivity index (χ0) is 13.4. The Hall–Kier alpha value is -1.07. The first-order valence-corrected chi connectivity index (χ1v) is 7.92. The van der Waals surface area contributed by atoms with Crippen LogP contribution < -0.4 is 10.6 Å². The fourth-order valence-electron chi connectivity index (χ4n) is 2.66. The summed E-state index contributed by atoms with van der Waals surface area (Å²) in [4.78, 5) is 2.05. The van der Waals surface area contributed by atoms with E-state index >= 15 is 0 Å². The highest BCUT2D eigenvalue weighted by Gasteiger charge is 2.44. The molecule has 0 radical (unpaired) electrons. The predicted octanol–water partition coefficient (Wildman–Crippen LogP) is 0.947. The van der Waals surface area contributed by atoms with Crippen LogP contribution in [0.4, 0.5) is 5.69 Å². The molecule has 2 rings (SSSR count). The number of benzene rings is 1. The minimum atomic E-state index is -2.95. The van der Waals surface area contributed by atoms with E-state index in [0.717, 1.165) is 11.3 Å². The van der Waals surface area contributed by atoms with Crippen LogP contribution in [0.25, 0.3) is 0 Å². The van der Waals surface area contributed by atoms with Crippen molar-refractivity contribution in [2.45, 2.75) is 18.9 Å². The van der Waals surface area contributed by atoms with Crippen molar-refractivity contribution in [1.29, 1.82) is 0 Å². The summed E-state index contributed by atoms with van der Waals surface area (Å²) in [5.74, 6) is 0.391. The van der Waals surface area contributed by atoms with Crippen molar-refractivity contribution in [2.75, 3.05) is 30.0 Å². The van der Waals surface area contributed by atoms with Gasteiger partial charge in [0.1, 0.15) is 0 Å². The number of hydrogen-bond acceptors (Lipinski definition) is 4. The second kappa shape index (κ2) is 4.55. The normalized spacial score (nSPS) is 26.2. The third-order valence-corrected chi connectivity index (χ3v) is 5.74.